The Morgan fingerprint density at radius 3 is 2.56 bits per heavy atom. The topological polar surface area (TPSA) is 55.4 Å². The Bertz CT molecular complexity index is 531. The number of methoxy groups -OCH3 is 1. The largest absolute Gasteiger partial charge is 0.377 e. The van der Waals surface area contributed by atoms with Crippen molar-refractivity contribution < 1.29 is 17.5 Å². The van der Waals surface area contributed by atoms with Gasteiger partial charge in [0.15, 0.2) is 0 Å². The van der Waals surface area contributed by atoms with Crippen molar-refractivity contribution in [3.05, 3.63) is 28.5 Å². The van der Waals surface area contributed by atoms with E-state index in [1.54, 1.807) is 13.8 Å². The lowest BCUT2D eigenvalue weighted by Gasteiger charge is -2.23. The van der Waals surface area contributed by atoms with Crippen molar-refractivity contribution in [2.24, 2.45) is 0 Å². The average Bonchev–Trinajstić information content (AvgIpc) is 2.26. The third-order valence-electron chi connectivity index (χ3n) is 2.42. The number of rotatable bonds is 5. The van der Waals surface area contributed by atoms with Gasteiger partial charge in [0, 0.05) is 18.1 Å². The molecule has 1 aromatic carbocycles. The summed E-state index contributed by atoms with van der Waals surface area (Å²) in [5, 5.41) is 0. The fourth-order valence-corrected chi connectivity index (χ4v) is 3.36. The quantitative estimate of drug-likeness (QED) is 0.895. The molecule has 0 aliphatic heterocycles. The lowest BCUT2D eigenvalue weighted by atomic mass is 10.1. The molecule has 0 aliphatic rings. The summed E-state index contributed by atoms with van der Waals surface area (Å²) in [7, 11) is -2.19. The second-order valence-electron chi connectivity index (χ2n) is 4.36. The summed E-state index contributed by atoms with van der Waals surface area (Å²) in [4.78, 5) is -0.00389. The van der Waals surface area contributed by atoms with E-state index >= 15 is 0 Å². The molecule has 1 aromatic rings. The van der Waals surface area contributed by atoms with E-state index in [1.165, 1.54) is 13.2 Å². The van der Waals surface area contributed by atoms with Crippen LogP contribution in [-0.2, 0) is 14.8 Å². The van der Waals surface area contributed by atoms with Gasteiger partial charge in [-0.1, -0.05) is 0 Å². The molecular formula is C11H15BrFNO3S. The van der Waals surface area contributed by atoms with Crippen LogP contribution in [0.15, 0.2) is 27.6 Å². The van der Waals surface area contributed by atoms with Crippen molar-refractivity contribution in [3.63, 3.8) is 0 Å². The Kier molecular flexibility index (Phi) is 4.88. The molecule has 0 aliphatic carbocycles. The Morgan fingerprint density at radius 1 is 1.44 bits per heavy atom. The molecule has 18 heavy (non-hydrogen) atoms. The number of ether oxygens (including phenoxy) is 1. The second kappa shape index (κ2) is 5.64. The van der Waals surface area contributed by atoms with E-state index in [1.807, 2.05) is 0 Å². The molecule has 0 saturated carbocycles. The fraction of sp³-hybridized carbons (Fsp3) is 0.455. The zero-order valence-electron chi connectivity index (χ0n) is 10.3. The van der Waals surface area contributed by atoms with Crippen molar-refractivity contribution in [3.8, 4) is 0 Å². The average molecular weight is 340 g/mol. The number of hydrogen-bond acceptors (Lipinski definition) is 3. The molecular weight excluding hydrogens is 325 g/mol. The molecule has 0 bridgehead atoms. The first-order chi connectivity index (χ1) is 8.18. The molecule has 1 N–H and O–H groups in total. The highest BCUT2D eigenvalue weighted by molar-refractivity contribution is 9.10. The molecule has 0 amide bonds. The van der Waals surface area contributed by atoms with Gasteiger partial charge in [-0.15, -0.1) is 0 Å². The maximum atomic E-state index is 12.9. The maximum Gasteiger partial charge on any atom is 0.241 e. The van der Waals surface area contributed by atoms with Crippen molar-refractivity contribution in [1.82, 2.24) is 4.72 Å². The number of sulfonamides is 1. The molecule has 0 heterocycles. The van der Waals surface area contributed by atoms with Gasteiger partial charge >= 0.3 is 0 Å². The second-order valence-corrected chi connectivity index (χ2v) is 6.95. The van der Waals surface area contributed by atoms with Crippen LogP contribution >= 0.6 is 15.9 Å². The highest BCUT2D eigenvalue weighted by Crippen LogP contribution is 2.22. The first kappa shape index (κ1) is 15.6. The summed E-state index contributed by atoms with van der Waals surface area (Å²) in [6, 6.07) is 3.42. The molecule has 0 spiro atoms. The zero-order chi connectivity index (χ0) is 14.0. The van der Waals surface area contributed by atoms with E-state index in [2.05, 4.69) is 20.7 Å². The van der Waals surface area contributed by atoms with Crippen molar-refractivity contribution >= 4 is 26.0 Å². The summed E-state index contributed by atoms with van der Waals surface area (Å²) >= 11 is 3.03. The van der Waals surface area contributed by atoms with Crippen molar-refractivity contribution in [1.29, 1.82) is 0 Å². The van der Waals surface area contributed by atoms with Crippen LogP contribution in [0, 0.1) is 5.82 Å². The number of benzene rings is 1. The highest BCUT2D eigenvalue weighted by atomic mass is 79.9. The maximum absolute atomic E-state index is 12.9. The van der Waals surface area contributed by atoms with Gasteiger partial charge in [0.25, 0.3) is 0 Å². The van der Waals surface area contributed by atoms with Gasteiger partial charge in [0.1, 0.15) is 5.82 Å². The van der Waals surface area contributed by atoms with Crippen LogP contribution in [0.5, 0.6) is 0 Å². The molecule has 1 rings (SSSR count). The Labute approximate surface area is 115 Å². The Hall–Kier alpha value is -0.500. The predicted octanol–water partition coefficient (Wildman–Crippen LogP) is 2.29. The van der Waals surface area contributed by atoms with Crippen LogP contribution in [0.1, 0.15) is 13.8 Å². The van der Waals surface area contributed by atoms with Gasteiger partial charge in [-0.25, -0.2) is 17.5 Å². The third-order valence-corrected chi connectivity index (χ3v) is 4.80. The van der Waals surface area contributed by atoms with Crippen molar-refractivity contribution in [2.45, 2.75) is 24.3 Å². The molecule has 0 atom stereocenters. The van der Waals surface area contributed by atoms with Crippen LogP contribution in [0.3, 0.4) is 0 Å². The molecule has 0 aromatic heterocycles. The molecule has 102 valence electrons. The summed E-state index contributed by atoms with van der Waals surface area (Å²) in [5.41, 5.74) is -0.612. The summed E-state index contributed by atoms with van der Waals surface area (Å²) in [5.74, 6) is -0.502. The Balaban J connectivity index is 2.94. The van der Waals surface area contributed by atoms with E-state index in [-0.39, 0.29) is 15.9 Å². The first-order valence-corrected chi connectivity index (χ1v) is 7.45. The van der Waals surface area contributed by atoms with E-state index in [4.69, 9.17) is 4.74 Å². The van der Waals surface area contributed by atoms with E-state index in [0.717, 1.165) is 12.1 Å². The minimum absolute atomic E-state index is 0.00389. The predicted molar refractivity (Wildman–Crippen MR) is 70.4 cm³/mol. The Morgan fingerprint density at radius 2 is 2.06 bits per heavy atom. The van der Waals surface area contributed by atoms with Gasteiger partial charge in [-0.2, -0.15) is 0 Å². The molecule has 4 nitrogen and oxygen atoms in total. The fourth-order valence-electron chi connectivity index (χ4n) is 1.11. The lowest BCUT2D eigenvalue weighted by Crippen LogP contribution is -2.39. The van der Waals surface area contributed by atoms with Gasteiger partial charge in [-0.3, -0.25) is 0 Å². The van der Waals surface area contributed by atoms with Crippen LogP contribution in [0.4, 0.5) is 4.39 Å². The number of nitrogens with one attached hydrogen (secondary N) is 1. The molecule has 0 fully saturated rings. The molecule has 0 unspecified atom stereocenters. The molecule has 0 saturated heterocycles. The van der Waals surface area contributed by atoms with Gasteiger partial charge in [0.05, 0.1) is 10.5 Å². The van der Waals surface area contributed by atoms with E-state index in [0.29, 0.717) is 0 Å². The van der Waals surface area contributed by atoms with Crippen LogP contribution < -0.4 is 4.72 Å². The first-order valence-electron chi connectivity index (χ1n) is 5.18. The monoisotopic (exact) mass is 339 g/mol. The summed E-state index contributed by atoms with van der Waals surface area (Å²) < 4.78 is 44.6. The highest BCUT2D eigenvalue weighted by Gasteiger charge is 2.23. The van der Waals surface area contributed by atoms with Crippen molar-refractivity contribution in [2.75, 3.05) is 13.7 Å². The third kappa shape index (κ3) is 4.01. The van der Waals surface area contributed by atoms with E-state index in [9.17, 15) is 12.8 Å². The van der Waals surface area contributed by atoms with E-state index < -0.39 is 21.4 Å². The number of hydrogen-bond donors (Lipinski definition) is 1. The standard InChI is InChI=1S/C11H15BrFNO3S/c1-11(2,17-3)7-14-18(15,16)10-5-4-8(13)6-9(10)12/h4-6,14H,7H2,1-3H3. The molecule has 7 heteroatoms. The van der Waals surface area contributed by atoms with Crippen LogP contribution in [-0.4, -0.2) is 27.7 Å². The van der Waals surface area contributed by atoms with Gasteiger partial charge < -0.3 is 4.74 Å². The SMILES string of the molecule is COC(C)(C)CNS(=O)(=O)c1ccc(F)cc1Br. The smallest absolute Gasteiger partial charge is 0.241 e. The zero-order valence-corrected chi connectivity index (χ0v) is 12.7. The summed E-state index contributed by atoms with van der Waals surface area (Å²) in [6.07, 6.45) is 0. The van der Waals surface area contributed by atoms with Gasteiger partial charge in [0.2, 0.25) is 10.0 Å². The molecule has 0 radical (unpaired) electrons. The normalized spacial score (nSPS) is 12.7. The van der Waals surface area contributed by atoms with Crippen LogP contribution in [0.25, 0.3) is 0 Å². The minimum atomic E-state index is -3.69. The minimum Gasteiger partial charge on any atom is -0.377 e. The summed E-state index contributed by atoms with van der Waals surface area (Å²) in [6.45, 7) is 3.64. The number of halogens is 2. The van der Waals surface area contributed by atoms with Gasteiger partial charge in [-0.05, 0) is 48.0 Å². The lowest BCUT2D eigenvalue weighted by molar-refractivity contribution is 0.0276. The van der Waals surface area contributed by atoms with Crippen LogP contribution in [0.2, 0.25) is 0 Å².